The molecule has 4 bridgehead atoms. The van der Waals surface area contributed by atoms with Crippen LogP contribution in [0.15, 0.2) is 18.2 Å². The first-order valence-electron chi connectivity index (χ1n) is 9.56. The van der Waals surface area contributed by atoms with Crippen LogP contribution in [0, 0.1) is 41.4 Å². The number of nitrogens with one attached hydrogen (secondary N) is 2. The Bertz CT molecular complexity index is 758. The van der Waals surface area contributed by atoms with E-state index in [1.54, 1.807) is 12.1 Å². The molecule has 5 nitrogen and oxygen atoms in total. The highest BCUT2D eigenvalue weighted by Crippen LogP contribution is 2.60. The number of amides is 2. The molecular formula is C21H25N3O2. The average molecular weight is 351 g/mol. The van der Waals surface area contributed by atoms with Crippen molar-refractivity contribution >= 4 is 23.2 Å². The average Bonchev–Trinajstić information content (AvgIpc) is 2.57. The lowest BCUT2D eigenvalue weighted by Gasteiger charge is -2.55. The normalized spacial score (nSPS) is 31.3. The maximum Gasteiger partial charge on any atom is 0.238 e. The Labute approximate surface area is 154 Å². The van der Waals surface area contributed by atoms with Crippen molar-refractivity contribution in [2.45, 2.75) is 51.9 Å². The number of carbonyl (C=O) groups excluding carboxylic acids is 2. The molecule has 0 aliphatic heterocycles. The van der Waals surface area contributed by atoms with Crippen molar-refractivity contribution in [2.24, 2.45) is 23.2 Å². The van der Waals surface area contributed by atoms with E-state index in [9.17, 15) is 9.59 Å². The van der Waals surface area contributed by atoms with Crippen LogP contribution in [0.2, 0.25) is 0 Å². The van der Waals surface area contributed by atoms with E-state index in [-0.39, 0.29) is 23.7 Å². The van der Waals surface area contributed by atoms with Crippen LogP contribution in [0.3, 0.4) is 0 Å². The van der Waals surface area contributed by atoms with Gasteiger partial charge in [0, 0.05) is 11.4 Å². The summed E-state index contributed by atoms with van der Waals surface area (Å²) in [6.07, 6.45) is 6.85. The van der Waals surface area contributed by atoms with Crippen molar-refractivity contribution in [3.63, 3.8) is 0 Å². The SMILES string of the molecule is Cc1ccc(NC(=O)CC#N)cc1NC(=O)C12CC3CC(CC(C3)C1)C2. The van der Waals surface area contributed by atoms with Crippen LogP contribution in [-0.4, -0.2) is 11.8 Å². The number of carbonyl (C=O) groups is 2. The van der Waals surface area contributed by atoms with Crippen LogP contribution in [-0.2, 0) is 9.59 Å². The highest BCUT2D eigenvalue weighted by atomic mass is 16.2. The summed E-state index contributed by atoms with van der Waals surface area (Å²) in [7, 11) is 0. The lowest BCUT2D eigenvalue weighted by atomic mass is 9.49. The van der Waals surface area contributed by atoms with Gasteiger partial charge in [-0.1, -0.05) is 6.07 Å². The van der Waals surface area contributed by atoms with Crippen molar-refractivity contribution in [1.29, 1.82) is 5.26 Å². The first-order valence-corrected chi connectivity index (χ1v) is 9.56. The summed E-state index contributed by atoms with van der Waals surface area (Å²) in [6, 6.07) is 7.32. The van der Waals surface area contributed by atoms with Crippen LogP contribution in [0.5, 0.6) is 0 Å². The summed E-state index contributed by atoms with van der Waals surface area (Å²) in [4.78, 5) is 24.9. The largest absolute Gasteiger partial charge is 0.325 e. The molecule has 5 rings (SSSR count). The van der Waals surface area contributed by atoms with Gasteiger partial charge in [0.15, 0.2) is 0 Å². The molecule has 1 aromatic carbocycles. The highest BCUT2D eigenvalue weighted by molar-refractivity contribution is 5.98. The summed E-state index contributed by atoms with van der Waals surface area (Å²) in [5.74, 6) is 1.99. The maximum atomic E-state index is 13.2. The van der Waals surface area contributed by atoms with E-state index in [1.807, 2.05) is 19.1 Å². The maximum absolute atomic E-state index is 13.2. The molecule has 4 fully saturated rings. The number of anilines is 2. The van der Waals surface area contributed by atoms with E-state index in [2.05, 4.69) is 10.6 Å². The molecule has 2 N–H and O–H groups in total. The lowest BCUT2D eigenvalue weighted by Crippen LogP contribution is -2.51. The van der Waals surface area contributed by atoms with E-state index in [0.717, 1.165) is 48.3 Å². The molecular weight excluding hydrogens is 326 g/mol. The first-order chi connectivity index (χ1) is 12.5. The summed E-state index contributed by atoms with van der Waals surface area (Å²) in [5, 5.41) is 14.5. The summed E-state index contributed by atoms with van der Waals surface area (Å²) < 4.78 is 0. The number of hydrogen-bond acceptors (Lipinski definition) is 3. The molecule has 136 valence electrons. The van der Waals surface area contributed by atoms with Gasteiger partial charge in [-0.3, -0.25) is 9.59 Å². The lowest BCUT2D eigenvalue weighted by molar-refractivity contribution is -0.140. The number of rotatable bonds is 4. The molecule has 5 heteroatoms. The van der Waals surface area contributed by atoms with Crippen LogP contribution < -0.4 is 10.6 Å². The predicted molar refractivity (Wildman–Crippen MR) is 99.3 cm³/mol. The second-order valence-electron chi connectivity index (χ2n) is 8.56. The molecule has 1 aromatic rings. The molecule has 0 aromatic heterocycles. The number of hydrogen-bond donors (Lipinski definition) is 2. The van der Waals surface area contributed by atoms with Crippen LogP contribution >= 0.6 is 0 Å². The molecule has 4 aliphatic rings. The monoisotopic (exact) mass is 351 g/mol. The fourth-order valence-electron chi connectivity index (χ4n) is 5.76. The molecule has 0 radical (unpaired) electrons. The van der Waals surface area contributed by atoms with Gasteiger partial charge in [-0.15, -0.1) is 0 Å². The minimum absolute atomic E-state index is 0.153. The number of aryl methyl sites for hydroxylation is 1. The van der Waals surface area contributed by atoms with Gasteiger partial charge in [-0.25, -0.2) is 0 Å². The van der Waals surface area contributed by atoms with Gasteiger partial charge in [0.1, 0.15) is 6.42 Å². The molecule has 26 heavy (non-hydrogen) atoms. The van der Waals surface area contributed by atoms with Crippen molar-refractivity contribution in [3.05, 3.63) is 23.8 Å². The van der Waals surface area contributed by atoms with Crippen LogP contribution in [0.1, 0.15) is 50.5 Å². The van der Waals surface area contributed by atoms with Crippen LogP contribution in [0.4, 0.5) is 11.4 Å². The van der Waals surface area contributed by atoms with Gasteiger partial charge in [-0.05, 0) is 80.9 Å². The van der Waals surface area contributed by atoms with Gasteiger partial charge >= 0.3 is 0 Å². The fourth-order valence-corrected chi connectivity index (χ4v) is 5.76. The van der Waals surface area contributed by atoms with E-state index >= 15 is 0 Å². The molecule has 0 heterocycles. The molecule has 0 spiro atoms. The van der Waals surface area contributed by atoms with Crippen molar-refractivity contribution in [2.75, 3.05) is 10.6 Å². The van der Waals surface area contributed by atoms with E-state index in [4.69, 9.17) is 5.26 Å². The second-order valence-corrected chi connectivity index (χ2v) is 8.56. The van der Waals surface area contributed by atoms with Crippen molar-refractivity contribution in [3.8, 4) is 6.07 Å². The Morgan fingerprint density at radius 2 is 1.73 bits per heavy atom. The van der Waals surface area contributed by atoms with Crippen LogP contribution in [0.25, 0.3) is 0 Å². The Balaban J connectivity index is 1.51. The van der Waals surface area contributed by atoms with E-state index in [0.29, 0.717) is 5.69 Å². The van der Waals surface area contributed by atoms with Gasteiger partial charge < -0.3 is 10.6 Å². The number of benzene rings is 1. The van der Waals surface area contributed by atoms with E-state index in [1.165, 1.54) is 19.3 Å². The minimum Gasteiger partial charge on any atom is -0.325 e. The second kappa shape index (κ2) is 6.42. The molecule has 0 saturated heterocycles. The third-order valence-electron chi connectivity index (χ3n) is 6.53. The molecule has 4 aliphatic carbocycles. The van der Waals surface area contributed by atoms with E-state index < -0.39 is 0 Å². The fraction of sp³-hybridized carbons (Fsp3) is 0.571. The quantitative estimate of drug-likeness (QED) is 0.860. The smallest absolute Gasteiger partial charge is 0.238 e. The van der Waals surface area contributed by atoms with Crippen molar-refractivity contribution in [1.82, 2.24) is 0 Å². The zero-order chi connectivity index (χ0) is 18.3. The summed E-state index contributed by atoms with van der Waals surface area (Å²) >= 11 is 0. The summed E-state index contributed by atoms with van der Waals surface area (Å²) in [6.45, 7) is 1.95. The zero-order valence-corrected chi connectivity index (χ0v) is 15.2. The highest BCUT2D eigenvalue weighted by Gasteiger charge is 2.54. The Hall–Kier alpha value is -2.35. The van der Waals surface area contributed by atoms with Crippen molar-refractivity contribution < 1.29 is 9.59 Å². The van der Waals surface area contributed by atoms with Gasteiger partial charge in [0.2, 0.25) is 11.8 Å². The Morgan fingerprint density at radius 3 is 2.31 bits per heavy atom. The summed E-state index contributed by atoms with van der Waals surface area (Å²) in [5.41, 5.74) is 2.14. The third-order valence-corrected chi connectivity index (χ3v) is 6.53. The predicted octanol–water partition coefficient (Wildman–Crippen LogP) is 4.00. The molecule has 2 amide bonds. The van der Waals surface area contributed by atoms with Gasteiger partial charge in [0.05, 0.1) is 11.5 Å². The molecule has 4 saturated carbocycles. The topological polar surface area (TPSA) is 82.0 Å². The number of nitrogens with zero attached hydrogens (tertiary/aromatic N) is 1. The molecule has 0 unspecified atom stereocenters. The standard InChI is InChI=1S/C21H25N3O2/c1-13-2-3-17(23-19(25)4-5-22)9-18(13)24-20(26)21-10-14-6-15(11-21)8-16(7-14)12-21/h2-3,9,14-16H,4,6-8,10-12H2,1H3,(H,23,25)(H,24,26). The third kappa shape index (κ3) is 3.09. The Morgan fingerprint density at radius 1 is 1.12 bits per heavy atom. The molecule has 0 atom stereocenters. The number of nitriles is 1. The zero-order valence-electron chi connectivity index (χ0n) is 15.2. The Kier molecular flexibility index (Phi) is 4.22. The van der Waals surface area contributed by atoms with Gasteiger partial charge in [0.25, 0.3) is 0 Å². The minimum atomic E-state index is -0.338. The van der Waals surface area contributed by atoms with Gasteiger partial charge in [-0.2, -0.15) is 5.26 Å². The first kappa shape index (κ1) is 17.1.